The van der Waals surface area contributed by atoms with Crippen LogP contribution in [0.25, 0.3) is 0 Å². The maximum atomic E-state index is 9.13. The van der Waals surface area contributed by atoms with E-state index >= 15 is 0 Å². The van der Waals surface area contributed by atoms with Crippen LogP contribution in [0, 0.1) is 22.7 Å². The van der Waals surface area contributed by atoms with Gasteiger partial charge in [0, 0.05) is 6.61 Å². The molecule has 0 fully saturated rings. The third kappa shape index (κ3) is 2.33. The van der Waals surface area contributed by atoms with Crippen molar-refractivity contribution >= 4 is 0 Å². The molecule has 1 atom stereocenters. The number of aliphatic hydroxyl groups excluding tert-OH is 1. The average Bonchev–Trinajstić information content (AvgIpc) is 2.59. The molecule has 90 valence electrons. The standard InChI is InChI=1S/C13H16N2O2/c1-9(7-14)12-11(8-15)10(2)13(3,17-12)5-4-6-16/h16H,4-6H2,1-3H3/b12-9-. The van der Waals surface area contributed by atoms with Gasteiger partial charge in [-0.2, -0.15) is 10.5 Å². The maximum Gasteiger partial charge on any atom is 0.151 e. The number of hydrogen-bond acceptors (Lipinski definition) is 4. The largest absolute Gasteiger partial charge is 0.481 e. The Morgan fingerprint density at radius 2 is 2.12 bits per heavy atom. The Bertz CT molecular complexity index is 463. The van der Waals surface area contributed by atoms with E-state index in [0.29, 0.717) is 29.7 Å². The van der Waals surface area contributed by atoms with Gasteiger partial charge < -0.3 is 9.84 Å². The van der Waals surface area contributed by atoms with Crippen LogP contribution in [0.15, 0.2) is 22.5 Å². The predicted molar refractivity (Wildman–Crippen MR) is 62.4 cm³/mol. The van der Waals surface area contributed by atoms with Crippen molar-refractivity contribution in [3.05, 3.63) is 22.5 Å². The first kappa shape index (κ1) is 13.3. The molecule has 1 unspecified atom stereocenters. The minimum Gasteiger partial charge on any atom is -0.481 e. The summed E-state index contributed by atoms with van der Waals surface area (Å²) in [5.41, 5.74) is 1.11. The minimum absolute atomic E-state index is 0.0877. The molecule has 0 spiro atoms. The monoisotopic (exact) mass is 232 g/mol. The van der Waals surface area contributed by atoms with E-state index in [1.807, 2.05) is 19.9 Å². The molecule has 17 heavy (non-hydrogen) atoms. The lowest BCUT2D eigenvalue weighted by atomic mass is 9.90. The van der Waals surface area contributed by atoms with Gasteiger partial charge in [0.05, 0.1) is 17.2 Å². The molecule has 1 rings (SSSR count). The zero-order valence-corrected chi connectivity index (χ0v) is 10.4. The molecule has 0 aromatic carbocycles. The zero-order chi connectivity index (χ0) is 13.1. The molecular formula is C13H16N2O2. The molecule has 0 aliphatic carbocycles. The molecule has 0 saturated heterocycles. The molecule has 1 aliphatic rings. The van der Waals surface area contributed by atoms with Crippen molar-refractivity contribution in [2.75, 3.05) is 6.61 Å². The molecule has 0 aromatic rings. The lowest BCUT2D eigenvalue weighted by molar-refractivity contribution is 0.0589. The van der Waals surface area contributed by atoms with Gasteiger partial charge in [-0.25, -0.2) is 0 Å². The Kier molecular flexibility index (Phi) is 3.93. The SMILES string of the molecule is CC1=C(C#N)/C(=C(\C)C#N)OC1(C)CCCO. The van der Waals surface area contributed by atoms with Crippen LogP contribution in [-0.4, -0.2) is 17.3 Å². The van der Waals surface area contributed by atoms with E-state index < -0.39 is 5.60 Å². The molecule has 0 bridgehead atoms. The van der Waals surface area contributed by atoms with Crippen molar-refractivity contribution in [2.24, 2.45) is 0 Å². The van der Waals surface area contributed by atoms with Gasteiger partial charge in [-0.05, 0) is 39.2 Å². The fourth-order valence-electron chi connectivity index (χ4n) is 1.89. The second kappa shape index (κ2) is 5.03. The predicted octanol–water partition coefficient (Wildman–Crippen LogP) is 2.19. The molecular weight excluding hydrogens is 216 g/mol. The lowest BCUT2D eigenvalue weighted by Gasteiger charge is -2.26. The van der Waals surface area contributed by atoms with E-state index in [9.17, 15) is 0 Å². The third-order valence-corrected chi connectivity index (χ3v) is 3.15. The van der Waals surface area contributed by atoms with Gasteiger partial charge >= 0.3 is 0 Å². The van der Waals surface area contributed by atoms with Gasteiger partial charge in [-0.15, -0.1) is 0 Å². The molecule has 0 radical (unpaired) electrons. The van der Waals surface area contributed by atoms with Crippen molar-refractivity contribution in [3.63, 3.8) is 0 Å². The Hall–Kier alpha value is -1.78. The fourth-order valence-corrected chi connectivity index (χ4v) is 1.89. The van der Waals surface area contributed by atoms with Crippen molar-refractivity contribution in [1.29, 1.82) is 10.5 Å². The maximum absolute atomic E-state index is 9.13. The lowest BCUT2D eigenvalue weighted by Crippen LogP contribution is -2.26. The van der Waals surface area contributed by atoms with Crippen LogP contribution >= 0.6 is 0 Å². The number of rotatable bonds is 3. The molecule has 0 amide bonds. The number of nitrogens with zero attached hydrogens (tertiary/aromatic N) is 2. The summed E-state index contributed by atoms with van der Waals surface area (Å²) in [5.74, 6) is 0.382. The molecule has 0 aromatic heterocycles. The Morgan fingerprint density at radius 1 is 1.47 bits per heavy atom. The van der Waals surface area contributed by atoms with Crippen LogP contribution in [0.3, 0.4) is 0 Å². The summed E-state index contributed by atoms with van der Waals surface area (Å²) >= 11 is 0. The van der Waals surface area contributed by atoms with Crippen LogP contribution in [0.4, 0.5) is 0 Å². The van der Waals surface area contributed by atoms with Gasteiger partial charge in [-0.1, -0.05) is 0 Å². The van der Waals surface area contributed by atoms with E-state index in [2.05, 4.69) is 6.07 Å². The number of allylic oxidation sites excluding steroid dienone is 2. The Labute approximate surface area is 101 Å². The molecule has 1 N–H and O–H groups in total. The van der Waals surface area contributed by atoms with Gasteiger partial charge in [0.2, 0.25) is 0 Å². The highest BCUT2D eigenvalue weighted by Crippen LogP contribution is 2.41. The highest BCUT2D eigenvalue weighted by atomic mass is 16.5. The van der Waals surface area contributed by atoms with E-state index in [-0.39, 0.29) is 6.61 Å². The summed E-state index contributed by atoms with van der Waals surface area (Å²) in [6, 6.07) is 4.10. The summed E-state index contributed by atoms with van der Waals surface area (Å²) in [7, 11) is 0. The fraction of sp³-hybridized carbons (Fsp3) is 0.538. The first-order valence-corrected chi connectivity index (χ1v) is 5.53. The summed E-state index contributed by atoms with van der Waals surface area (Å²) in [6.07, 6.45) is 1.23. The first-order valence-electron chi connectivity index (χ1n) is 5.53. The Morgan fingerprint density at radius 3 is 2.59 bits per heavy atom. The zero-order valence-electron chi connectivity index (χ0n) is 10.4. The number of nitriles is 2. The van der Waals surface area contributed by atoms with Crippen molar-refractivity contribution in [2.45, 2.75) is 39.2 Å². The molecule has 4 heteroatoms. The van der Waals surface area contributed by atoms with Gasteiger partial charge in [0.1, 0.15) is 11.7 Å². The van der Waals surface area contributed by atoms with Crippen molar-refractivity contribution < 1.29 is 9.84 Å². The Balaban J connectivity index is 3.18. The van der Waals surface area contributed by atoms with Crippen LogP contribution < -0.4 is 0 Å². The summed E-state index contributed by atoms with van der Waals surface area (Å²) < 4.78 is 5.77. The molecule has 1 aliphatic heterocycles. The van der Waals surface area contributed by atoms with Crippen LogP contribution in [0.2, 0.25) is 0 Å². The number of ether oxygens (including phenoxy) is 1. The topological polar surface area (TPSA) is 77.0 Å². The summed E-state index contributed by atoms with van der Waals surface area (Å²) in [4.78, 5) is 0. The van der Waals surface area contributed by atoms with Gasteiger partial charge in [-0.3, -0.25) is 0 Å². The van der Waals surface area contributed by atoms with E-state index in [0.717, 1.165) is 5.57 Å². The summed E-state index contributed by atoms with van der Waals surface area (Å²) in [5, 5.41) is 26.9. The first-order chi connectivity index (χ1) is 8.00. The quantitative estimate of drug-likeness (QED) is 0.756. The number of hydrogen-bond donors (Lipinski definition) is 1. The highest BCUT2D eigenvalue weighted by molar-refractivity contribution is 5.53. The smallest absolute Gasteiger partial charge is 0.151 e. The number of aliphatic hydroxyl groups is 1. The highest BCUT2D eigenvalue weighted by Gasteiger charge is 2.39. The van der Waals surface area contributed by atoms with Crippen LogP contribution in [0.1, 0.15) is 33.6 Å². The van der Waals surface area contributed by atoms with Gasteiger partial charge in [0.25, 0.3) is 0 Å². The van der Waals surface area contributed by atoms with Crippen LogP contribution in [0.5, 0.6) is 0 Å². The molecule has 1 heterocycles. The van der Waals surface area contributed by atoms with Crippen molar-refractivity contribution in [1.82, 2.24) is 0 Å². The third-order valence-electron chi connectivity index (χ3n) is 3.15. The average molecular weight is 232 g/mol. The summed E-state index contributed by atoms with van der Waals surface area (Å²) in [6.45, 7) is 5.45. The van der Waals surface area contributed by atoms with Gasteiger partial charge in [0.15, 0.2) is 5.76 Å². The minimum atomic E-state index is -0.582. The molecule has 0 saturated carbocycles. The van der Waals surface area contributed by atoms with Crippen LogP contribution in [-0.2, 0) is 4.74 Å². The second-order valence-corrected chi connectivity index (χ2v) is 4.34. The second-order valence-electron chi connectivity index (χ2n) is 4.34. The van der Waals surface area contributed by atoms with Crippen molar-refractivity contribution in [3.8, 4) is 12.1 Å². The van der Waals surface area contributed by atoms with E-state index in [1.165, 1.54) is 0 Å². The molecule has 4 nitrogen and oxygen atoms in total. The normalized spacial score (nSPS) is 26.2. The van der Waals surface area contributed by atoms with E-state index in [1.54, 1.807) is 6.92 Å². The van der Waals surface area contributed by atoms with E-state index in [4.69, 9.17) is 20.4 Å².